The van der Waals surface area contributed by atoms with Gasteiger partial charge in [-0.3, -0.25) is 9.69 Å². The van der Waals surface area contributed by atoms with Crippen LogP contribution in [0.25, 0.3) is 0 Å². The Morgan fingerprint density at radius 1 is 1.25 bits per heavy atom. The van der Waals surface area contributed by atoms with E-state index in [0.29, 0.717) is 18.3 Å². The van der Waals surface area contributed by atoms with Gasteiger partial charge in [0.1, 0.15) is 11.5 Å². The highest BCUT2D eigenvalue weighted by atomic mass is 16.5. The standard InChI is InChI=1S/C23H30N2O3/c1-17-11-12-22(27-3)21(14-17)24-23(26)18(2)25-13-7-8-19(15-25)16-28-20-9-5-4-6-10-20/h4-6,9-12,14,18-19H,7-8,13,15-16H2,1-3H3,(H,24,26). The first-order valence-corrected chi connectivity index (χ1v) is 9.94. The summed E-state index contributed by atoms with van der Waals surface area (Å²) in [5, 5.41) is 3.04. The summed E-state index contributed by atoms with van der Waals surface area (Å²) in [4.78, 5) is 15.1. The highest BCUT2D eigenvalue weighted by molar-refractivity contribution is 5.96. The van der Waals surface area contributed by atoms with Crippen molar-refractivity contribution in [3.05, 3.63) is 54.1 Å². The maximum Gasteiger partial charge on any atom is 0.241 e. The van der Waals surface area contributed by atoms with Crippen molar-refractivity contribution < 1.29 is 14.3 Å². The maximum atomic E-state index is 12.8. The lowest BCUT2D eigenvalue weighted by Crippen LogP contribution is -2.48. The Morgan fingerprint density at radius 3 is 2.79 bits per heavy atom. The molecule has 2 aromatic carbocycles. The average Bonchev–Trinajstić information content (AvgIpc) is 2.73. The van der Waals surface area contributed by atoms with Gasteiger partial charge in [0.05, 0.1) is 25.4 Å². The van der Waals surface area contributed by atoms with Crippen LogP contribution in [-0.2, 0) is 4.79 Å². The third-order valence-corrected chi connectivity index (χ3v) is 5.32. The van der Waals surface area contributed by atoms with Crippen molar-refractivity contribution >= 4 is 11.6 Å². The van der Waals surface area contributed by atoms with Gasteiger partial charge in [-0.1, -0.05) is 24.3 Å². The van der Waals surface area contributed by atoms with Crippen LogP contribution in [0.5, 0.6) is 11.5 Å². The number of aryl methyl sites for hydroxylation is 1. The lowest BCUT2D eigenvalue weighted by Gasteiger charge is -2.36. The first-order valence-electron chi connectivity index (χ1n) is 9.94. The van der Waals surface area contributed by atoms with E-state index in [1.165, 1.54) is 0 Å². The Morgan fingerprint density at radius 2 is 2.04 bits per heavy atom. The number of piperidine rings is 1. The van der Waals surface area contributed by atoms with Crippen molar-refractivity contribution in [3.8, 4) is 11.5 Å². The Balaban J connectivity index is 1.56. The number of nitrogens with zero attached hydrogens (tertiary/aromatic N) is 1. The molecule has 28 heavy (non-hydrogen) atoms. The molecule has 1 saturated heterocycles. The number of anilines is 1. The SMILES string of the molecule is COc1ccc(C)cc1NC(=O)C(C)N1CCCC(COc2ccccc2)C1. The van der Waals surface area contributed by atoms with Gasteiger partial charge in [-0.25, -0.2) is 0 Å². The van der Waals surface area contributed by atoms with Crippen LogP contribution in [-0.4, -0.2) is 43.7 Å². The average molecular weight is 383 g/mol. The van der Waals surface area contributed by atoms with Crippen LogP contribution < -0.4 is 14.8 Å². The molecule has 1 aliphatic rings. The molecule has 2 aromatic rings. The fraction of sp³-hybridized carbons (Fsp3) is 0.435. The van der Waals surface area contributed by atoms with E-state index in [2.05, 4.69) is 10.2 Å². The minimum Gasteiger partial charge on any atom is -0.495 e. The molecule has 0 aromatic heterocycles. The lowest BCUT2D eigenvalue weighted by molar-refractivity contribution is -0.121. The summed E-state index contributed by atoms with van der Waals surface area (Å²) in [6.45, 7) is 6.45. The minimum atomic E-state index is -0.204. The van der Waals surface area contributed by atoms with Gasteiger partial charge in [-0.05, 0) is 63.1 Å². The summed E-state index contributed by atoms with van der Waals surface area (Å²) in [5.74, 6) is 2.00. The van der Waals surface area contributed by atoms with Gasteiger partial charge in [0, 0.05) is 12.5 Å². The van der Waals surface area contributed by atoms with Crippen LogP contribution in [0, 0.1) is 12.8 Å². The molecule has 1 fully saturated rings. The van der Waals surface area contributed by atoms with Crippen LogP contribution in [0.4, 0.5) is 5.69 Å². The highest BCUT2D eigenvalue weighted by Crippen LogP contribution is 2.26. The van der Waals surface area contributed by atoms with Crippen molar-refractivity contribution in [1.29, 1.82) is 0 Å². The van der Waals surface area contributed by atoms with Gasteiger partial charge >= 0.3 is 0 Å². The summed E-state index contributed by atoms with van der Waals surface area (Å²) in [6, 6.07) is 15.5. The zero-order valence-electron chi connectivity index (χ0n) is 17.0. The van der Waals surface area contributed by atoms with E-state index < -0.39 is 0 Å². The first-order chi connectivity index (χ1) is 13.6. The molecule has 0 radical (unpaired) electrons. The topological polar surface area (TPSA) is 50.8 Å². The predicted molar refractivity (Wildman–Crippen MR) is 112 cm³/mol. The number of carbonyl (C=O) groups is 1. The van der Waals surface area contributed by atoms with E-state index in [4.69, 9.17) is 9.47 Å². The fourth-order valence-electron chi connectivity index (χ4n) is 3.64. The molecule has 150 valence electrons. The van der Waals surface area contributed by atoms with Gasteiger partial charge in [-0.15, -0.1) is 0 Å². The molecule has 1 heterocycles. The zero-order chi connectivity index (χ0) is 19.9. The van der Waals surface area contributed by atoms with Crippen LogP contribution in [0.1, 0.15) is 25.3 Å². The van der Waals surface area contributed by atoms with Crippen molar-refractivity contribution in [2.75, 3.05) is 32.1 Å². The van der Waals surface area contributed by atoms with Crippen molar-refractivity contribution in [2.24, 2.45) is 5.92 Å². The summed E-state index contributed by atoms with van der Waals surface area (Å²) in [5.41, 5.74) is 1.81. The molecule has 5 heteroatoms. The number of para-hydroxylation sites is 1. The number of rotatable bonds is 7. The van der Waals surface area contributed by atoms with Gasteiger partial charge in [0.25, 0.3) is 0 Å². The van der Waals surface area contributed by atoms with E-state index >= 15 is 0 Å². The molecular weight excluding hydrogens is 352 g/mol. The Bertz CT molecular complexity index is 779. The van der Waals surface area contributed by atoms with E-state index in [1.54, 1.807) is 7.11 Å². The zero-order valence-corrected chi connectivity index (χ0v) is 17.0. The number of benzene rings is 2. The van der Waals surface area contributed by atoms with E-state index in [9.17, 15) is 4.79 Å². The fourth-order valence-corrected chi connectivity index (χ4v) is 3.64. The Labute approximate surface area is 167 Å². The van der Waals surface area contributed by atoms with Crippen molar-refractivity contribution in [1.82, 2.24) is 4.90 Å². The molecule has 0 saturated carbocycles. The monoisotopic (exact) mass is 382 g/mol. The molecular formula is C23H30N2O3. The first kappa shape index (κ1) is 20.2. The molecule has 0 bridgehead atoms. The normalized spacial score (nSPS) is 18.3. The second-order valence-corrected chi connectivity index (χ2v) is 7.50. The van der Waals surface area contributed by atoms with E-state index in [-0.39, 0.29) is 11.9 Å². The quantitative estimate of drug-likeness (QED) is 0.783. The minimum absolute atomic E-state index is 0.00599. The third-order valence-electron chi connectivity index (χ3n) is 5.32. The predicted octanol–water partition coefficient (Wildman–Crippen LogP) is 4.12. The van der Waals surface area contributed by atoms with Gasteiger partial charge in [0.15, 0.2) is 0 Å². The van der Waals surface area contributed by atoms with Crippen LogP contribution in [0.3, 0.4) is 0 Å². The number of likely N-dealkylation sites (tertiary alicyclic amines) is 1. The summed E-state index contributed by atoms with van der Waals surface area (Å²) < 4.78 is 11.3. The molecule has 2 atom stereocenters. The molecule has 1 N–H and O–H groups in total. The third kappa shape index (κ3) is 5.26. The number of carbonyl (C=O) groups excluding carboxylic acids is 1. The van der Waals surface area contributed by atoms with Gasteiger partial charge in [0.2, 0.25) is 5.91 Å². The van der Waals surface area contributed by atoms with Gasteiger partial charge < -0.3 is 14.8 Å². The molecule has 1 aliphatic heterocycles. The number of nitrogens with one attached hydrogen (secondary N) is 1. The molecule has 0 aliphatic carbocycles. The second-order valence-electron chi connectivity index (χ2n) is 7.50. The lowest BCUT2D eigenvalue weighted by atomic mass is 9.97. The van der Waals surface area contributed by atoms with Crippen molar-refractivity contribution in [3.63, 3.8) is 0 Å². The number of hydrogen-bond donors (Lipinski definition) is 1. The van der Waals surface area contributed by atoms with Crippen molar-refractivity contribution in [2.45, 2.75) is 32.7 Å². The van der Waals surface area contributed by atoms with E-state index in [0.717, 1.165) is 42.9 Å². The second kappa shape index (κ2) is 9.60. The summed E-state index contributed by atoms with van der Waals surface area (Å²) in [7, 11) is 1.62. The summed E-state index contributed by atoms with van der Waals surface area (Å²) in [6.07, 6.45) is 2.21. The smallest absolute Gasteiger partial charge is 0.241 e. The van der Waals surface area contributed by atoms with E-state index in [1.807, 2.05) is 62.4 Å². The largest absolute Gasteiger partial charge is 0.495 e. The number of hydrogen-bond acceptors (Lipinski definition) is 4. The number of methoxy groups -OCH3 is 1. The van der Waals surface area contributed by atoms with Crippen LogP contribution in [0.2, 0.25) is 0 Å². The molecule has 1 amide bonds. The number of amides is 1. The van der Waals surface area contributed by atoms with Crippen LogP contribution in [0.15, 0.2) is 48.5 Å². The Kier molecular flexibility index (Phi) is 6.93. The molecule has 2 unspecified atom stereocenters. The maximum absolute atomic E-state index is 12.8. The highest BCUT2D eigenvalue weighted by Gasteiger charge is 2.28. The van der Waals surface area contributed by atoms with Gasteiger partial charge in [-0.2, -0.15) is 0 Å². The number of ether oxygens (including phenoxy) is 2. The van der Waals surface area contributed by atoms with Crippen LogP contribution >= 0.6 is 0 Å². The molecule has 0 spiro atoms. The Hall–Kier alpha value is -2.53. The molecule has 5 nitrogen and oxygen atoms in total. The molecule has 3 rings (SSSR count). The summed E-state index contributed by atoms with van der Waals surface area (Å²) >= 11 is 0.